The number of epoxide rings is 1. The Kier molecular flexibility index (Phi) is 1.55. The monoisotopic (exact) mass is 238 g/mol. The first-order valence-corrected chi connectivity index (χ1v) is 6.89. The fourth-order valence-electron chi connectivity index (χ4n) is 5.79. The second-order valence-electron chi connectivity index (χ2n) is 7.45. The van der Waals surface area contributed by atoms with E-state index < -0.39 is 17.3 Å². The predicted molar refractivity (Wildman–Crippen MR) is 62.4 cm³/mol. The summed E-state index contributed by atoms with van der Waals surface area (Å²) in [7, 11) is 0. The normalized spacial score (nSPS) is 66.5. The lowest BCUT2D eigenvalue weighted by Gasteiger charge is -2.58. The summed E-state index contributed by atoms with van der Waals surface area (Å²) in [6.07, 6.45) is 3.28. The first-order valence-electron chi connectivity index (χ1n) is 6.89. The number of ether oxygens (including phenoxy) is 1. The molecule has 3 heteroatoms. The van der Waals surface area contributed by atoms with E-state index in [4.69, 9.17) is 4.74 Å². The van der Waals surface area contributed by atoms with Crippen molar-refractivity contribution in [3.05, 3.63) is 0 Å². The molecule has 4 fully saturated rings. The van der Waals surface area contributed by atoms with E-state index in [1.54, 1.807) is 0 Å². The number of aliphatic hydroxyl groups is 2. The van der Waals surface area contributed by atoms with Gasteiger partial charge in [0.2, 0.25) is 0 Å². The van der Waals surface area contributed by atoms with Crippen LogP contribution in [-0.4, -0.2) is 33.6 Å². The predicted octanol–water partition coefficient (Wildman–Crippen LogP) is 1.47. The minimum atomic E-state index is -0.983. The van der Waals surface area contributed by atoms with Crippen LogP contribution in [0.15, 0.2) is 0 Å². The molecule has 0 aromatic rings. The Morgan fingerprint density at radius 1 is 1.12 bits per heavy atom. The maximum Gasteiger partial charge on any atom is 0.132 e. The maximum absolute atomic E-state index is 11.0. The Balaban J connectivity index is 1.96. The van der Waals surface area contributed by atoms with Gasteiger partial charge in [-0.25, -0.2) is 0 Å². The van der Waals surface area contributed by atoms with Crippen molar-refractivity contribution in [1.82, 2.24) is 0 Å². The molecule has 0 radical (unpaired) electrons. The van der Waals surface area contributed by atoms with Crippen LogP contribution in [0.2, 0.25) is 0 Å². The molecule has 3 aliphatic carbocycles. The summed E-state index contributed by atoms with van der Waals surface area (Å²) in [4.78, 5) is 0. The molecule has 2 bridgehead atoms. The fraction of sp³-hybridized carbons (Fsp3) is 1.00. The van der Waals surface area contributed by atoms with E-state index in [1.165, 1.54) is 0 Å². The third-order valence-electron chi connectivity index (χ3n) is 7.15. The summed E-state index contributed by atoms with van der Waals surface area (Å²) in [5.74, 6) is 0.214. The summed E-state index contributed by atoms with van der Waals surface area (Å²) in [6, 6.07) is 0. The standard InChI is InChI=1S/C14H22O3/c1-11(2)8-4-6-12(11,3)14-9(17-14)5-7-13(14,16)10(8)15/h8-10,15-16H,4-7H2,1-3H3/t8?,9-,10-,12?,13-,14+/m1/s1. The molecule has 3 saturated carbocycles. The van der Waals surface area contributed by atoms with E-state index in [0.717, 1.165) is 19.3 Å². The van der Waals surface area contributed by atoms with Gasteiger partial charge in [0.15, 0.2) is 0 Å². The van der Waals surface area contributed by atoms with Gasteiger partial charge in [0.1, 0.15) is 11.2 Å². The Morgan fingerprint density at radius 3 is 2.47 bits per heavy atom. The number of rotatable bonds is 0. The quantitative estimate of drug-likeness (QED) is 0.628. The van der Waals surface area contributed by atoms with Crippen molar-refractivity contribution in [1.29, 1.82) is 0 Å². The van der Waals surface area contributed by atoms with E-state index >= 15 is 0 Å². The van der Waals surface area contributed by atoms with Gasteiger partial charge in [0.05, 0.1) is 12.2 Å². The Bertz CT molecular complexity index is 406. The van der Waals surface area contributed by atoms with E-state index in [1.807, 2.05) is 0 Å². The molecule has 3 nitrogen and oxygen atoms in total. The van der Waals surface area contributed by atoms with Crippen molar-refractivity contribution < 1.29 is 14.9 Å². The minimum Gasteiger partial charge on any atom is -0.390 e. The molecule has 1 saturated heterocycles. The summed E-state index contributed by atoms with van der Waals surface area (Å²) in [6.45, 7) is 6.77. The Morgan fingerprint density at radius 2 is 1.82 bits per heavy atom. The van der Waals surface area contributed by atoms with Gasteiger partial charge in [-0.05, 0) is 37.0 Å². The highest BCUT2D eigenvalue weighted by Gasteiger charge is 2.88. The molecule has 4 aliphatic rings. The molecule has 2 unspecified atom stereocenters. The number of hydrogen-bond donors (Lipinski definition) is 2. The zero-order valence-electron chi connectivity index (χ0n) is 10.9. The molecule has 96 valence electrons. The van der Waals surface area contributed by atoms with Crippen molar-refractivity contribution in [2.45, 2.75) is 69.9 Å². The van der Waals surface area contributed by atoms with E-state index in [9.17, 15) is 10.2 Å². The first kappa shape index (κ1) is 10.8. The van der Waals surface area contributed by atoms with E-state index in [2.05, 4.69) is 20.8 Å². The van der Waals surface area contributed by atoms with Gasteiger partial charge >= 0.3 is 0 Å². The second kappa shape index (κ2) is 2.45. The van der Waals surface area contributed by atoms with Gasteiger partial charge < -0.3 is 14.9 Å². The zero-order valence-corrected chi connectivity index (χ0v) is 10.9. The molecule has 1 spiro atoms. The van der Waals surface area contributed by atoms with Crippen LogP contribution in [0.4, 0.5) is 0 Å². The lowest BCUT2D eigenvalue weighted by molar-refractivity contribution is -0.232. The van der Waals surface area contributed by atoms with Gasteiger partial charge in [-0.1, -0.05) is 20.8 Å². The van der Waals surface area contributed by atoms with Crippen LogP contribution in [-0.2, 0) is 4.74 Å². The van der Waals surface area contributed by atoms with Crippen molar-refractivity contribution >= 4 is 0 Å². The lowest BCUT2D eigenvalue weighted by atomic mass is 9.49. The molecule has 2 N–H and O–H groups in total. The highest BCUT2D eigenvalue weighted by Crippen LogP contribution is 2.79. The van der Waals surface area contributed by atoms with Crippen LogP contribution in [0.3, 0.4) is 0 Å². The van der Waals surface area contributed by atoms with Gasteiger partial charge in [-0.15, -0.1) is 0 Å². The Hall–Kier alpha value is -0.120. The smallest absolute Gasteiger partial charge is 0.132 e. The highest BCUT2D eigenvalue weighted by atomic mass is 16.6. The van der Waals surface area contributed by atoms with Crippen LogP contribution in [0, 0.1) is 16.7 Å². The molecule has 17 heavy (non-hydrogen) atoms. The highest BCUT2D eigenvalue weighted by molar-refractivity contribution is 5.36. The molecule has 0 amide bonds. The molecule has 0 aromatic heterocycles. The second-order valence-corrected chi connectivity index (χ2v) is 7.45. The molecular weight excluding hydrogens is 216 g/mol. The largest absolute Gasteiger partial charge is 0.390 e. The van der Waals surface area contributed by atoms with Crippen LogP contribution in [0.25, 0.3) is 0 Å². The van der Waals surface area contributed by atoms with Gasteiger partial charge in [-0.2, -0.15) is 0 Å². The van der Waals surface area contributed by atoms with Crippen LogP contribution >= 0.6 is 0 Å². The van der Waals surface area contributed by atoms with Crippen LogP contribution in [0.1, 0.15) is 46.5 Å². The van der Waals surface area contributed by atoms with Crippen molar-refractivity contribution in [3.8, 4) is 0 Å². The summed E-state index contributed by atoms with van der Waals surface area (Å²) in [5, 5.41) is 21.6. The Labute approximate surface area is 102 Å². The fourth-order valence-corrected chi connectivity index (χ4v) is 5.79. The topological polar surface area (TPSA) is 53.0 Å². The SMILES string of the molecule is CC1(C)C2CCC1(C)[C@@]13O[C@@H]1CC[C@@]3(O)[C@@H]2O. The number of hydrogen-bond acceptors (Lipinski definition) is 3. The zero-order chi connectivity index (χ0) is 12.3. The summed E-state index contributed by atoms with van der Waals surface area (Å²) < 4.78 is 5.98. The van der Waals surface area contributed by atoms with Gasteiger partial charge in [0, 0.05) is 5.41 Å². The average Bonchev–Trinajstić information content (AvgIpc) is 2.88. The lowest BCUT2D eigenvalue weighted by Crippen LogP contribution is -2.69. The molecule has 1 aliphatic heterocycles. The first-order chi connectivity index (χ1) is 7.81. The maximum atomic E-state index is 11.0. The van der Waals surface area contributed by atoms with E-state index in [-0.39, 0.29) is 22.9 Å². The molecule has 0 aromatic carbocycles. The van der Waals surface area contributed by atoms with Gasteiger partial charge in [-0.3, -0.25) is 0 Å². The van der Waals surface area contributed by atoms with Crippen molar-refractivity contribution in [2.24, 2.45) is 16.7 Å². The molecule has 6 atom stereocenters. The summed E-state index contributed by atoms with van der Waals surface area (Å²) in [5.41, 5.74) is -1.36. The average molecular weight is 238 g/mol. The molecule has 1 heterocycles. The number of aliphatic hydroxyl groups excluding tert-OH is 1. The van der Waals surface area contributed by atoms with Crippen molar-refractivity contribution in [2.75, 3.05) is 0 Å². The van der Waals surface area contributed by atoms with Crippen LogP contribution in [0.5, 0.6) is 0 Å². The van der Waals surface area contributed by atoms with E-state index in [0.29, 0.717) is 6.42 Å². The van der Waals surface area contributed by atoms with Crippen LogP contribution < -0.4 is 0 Å². The molecular formula is C14H22O3. The minimum absolute atomic E-state index is 0.0137. The third kappa shape index (κ3) is 0.750. The third-order valence-corrected chi connectivity index (χ3v) is 7.15. The molecule has 4 rings (SSSR count). The summed E-state index contributed by atoms with van der Waals surface area (Å²) >= 11 is 0. The number of fused-ring (bicyclic) bond motifs is 2. The van der Waals surface area contributed by atoms with Gasteiger partial charge in [0.25, 0.3) is 0 Å². The van der Waals surface area contributed by atoms with Crippen molar-refractivity contribution in [3.63, 3.8) is 0 Å².